The van der Waals surface area contributed by atoms with E-state index in [2.05, 4.69) is 15.1 Å². The van der Waals surface area contributed by atoms with Gasteiger partial charge in [-0.1, -0.05) is 16.7 Å². The predicted octanol–water partition coefficient (Wildman–Crippen LogP) is 3.64. The highest BCUT2D eigenvalue weighted by Gasteiger charge is 2.05. The van der Waals surface area contributed by atoms with Crippen LogP contribution in [0.5, 0.6) is 0 Å². The van der Waals surface area contributed by atoms with Crippen LogP contribution in [0.2, 0.25) is 5.02 Å². The molecule has 0 N–H and O–H groups in total. The standard InChI is InChI=1S/C11H10ClN5/c1-8-9(6-14-16-13)7-17(15-8)11-4-2-10(12)3-5-11/h2-5,7H,6H2,1H3. The second kappa shape index (κ2) is 4.91. The second-order valence-electron chi connectivity index (χ2n) is 3.55. The number of benzene rings is 1. The van der Waals surface area contributed by atoms with Gasteiger partial charge in [0.25, 0.3) is 0 Å². The summed E-state index contributed by atoms with van der Waals surface area (Å²) in [5.41, 5.74) is 11.0. The zero-order chi connectivity index (χ0) is 12.3. The summed E-state index contributed by atoms with van der Waals surface area (Å²) >= 11 is 5.82. The summed E-state index contributed by atoms with van der Waals surface area (Å²) in [5, 5.41) is 8.57. The summed E-state index contributed by atoms with van der Waals surface area (Å²) in [6, 6.07) is 7.38. The molecule has 0 bridgehead atoms. The van der Waals surface area contributed by atoms with Crippen molar-refractivity contribution in [2.24, 2.45) is 5.11 Å². The molecule has 17 heavy (non-hydrogen) atoms. The summed E-state index contributed by atoms with van der Waals surface area (Å²) in [6.45, 7) is 2.20. The van der Waals surface area contributed by atoms with Gasteiger partial charge in [-0.05, 0) is 42.3 Å². The number of halogens is 1. The minimum Gasteiger partial charge on any atom is -0.240 e. The van der Waals surface area contributed by atoms with Gasteiger partial charge >= 0.3 is 0 Å². The highest BCUT2D eigenvalue weighted by Crippen LogP contribution is 2.15. The van der Waals surface area contributed by atoms with Gasteiger partial charge in [0.05, 0.1) is 17.9 Å². The van der Waals surface area contributed by atoms with Crippen LogP contribution in [0, 0.1) is 6.92 Å². The van der Waals surface area contributed by atoms with Crippen LogP contribution in [0.15, 0.2) is 35.6 Å². The molecule has 0 atom stereocenters. The van der Waals surface area contributed by atoms with Crippen molar-refractivity contribution in [2.75, 3.05) is 0 Å². The summed E-state index contributed by atoms with van der Waals surface area (Å²) in [7, 11) is 0. The SMILES string of the molecule is Cc1nn(-c2ccc(Cl)cc2)cc1CN=[N+]=[N-]. The average Bonchev–Trinajstić information content (AvgIpc) is 2.69. The lowest BCUT2D eigenvalue weighted by Gasteiger charge is -2.00. The quantitative estimate of drug-likeness (QED) is 0.464. The fraction of sp³-hybridized carbons (Fsp3) is 0.182. The molecule has 5 nitrogen and oxygen atoms in total. The van der Waals surface area contributed by atoms with E-state index in [1.165, 1.54) is 0 Å². The van der Waals surface area contributed by atoms with Crippen LogP contribution in [-0.4, -0.2) is 9.78 Å². The lowest BCUT2D eigenvalue weighted by Crippen LogP contribution is -1.93. The first kappa shape index (κ1) is 11.5. The van der Waals surface area contributed by atoms with Gasteiger partial charge in [0, 0.05) is 16.1 Å². The number of nitrogens with zero attached hydrogens (tertiary/aromatic N) is 5. The van der Waals surface area contributed by atoms with Gasteiger partial charge < -0.3 is 0 Å². The fourth-order valence-corrected chi connectivity index (χ4v) is 1.61. The smallest absolute Gasteiger partial charge is 0.0646 e. The molecule has 0 saturated heterocycles. The van der Waals surface area contributed by atoms with Gasteiger partial charge in [-0.15, -0.1) is 0 Å². The molecule has 1 aromatic carbocycles. The van der Waals surface area contributed by atoms with E-state index in [0.717, 1.165) is 16.9 Å². The summed E-state index contributed by atoms with van der Waals surface area (Å²) in [6.07, 6.45) is 1.85. The first-order chi connectivity index (χ1) is 8.20. The third kappa shape index (κ3) is 2.58. The minimum atomic E-state index is 0.315. The highest BCUT2D eigenvalue weighted by molar-refractivity contribution is 6.30. The molecule has 0 amide bonds. The number of aryl methyl sites for hydroxylation is 1. The Bertz CT molecular complexity index is 566. The molecule has 6 heteroatoms. The number of azide groups is 1. The average molecular weight is 248 g/mol. The van der Waals surface area contributed by atoms with Crippen LogP contribution in [0.1, 0.15) is 11.3 Å². The maximum atomic E-state index is 8.29. The molecule has 86 valence electrons. The molecule has 0 fully saturated rings. The Morgan fingerprint density at radius 1 is 1.41 bits per heavy atom. The molecule has 0 radical (unpaired) electrons. The molecular weight excluding hydrogens is 238 g/mol. The Morgan fingerprint density at radius 2 is 2.12 bits per heavy atom. The number of hydrogen-bond acceptors (Lipinski definition) is 2. The van der Waals surface area contributed by atoms with Gasteiger partial charge in [0.2, 0.25) is 0 Å². The van der Waals surface area contributed by atoms with Crippen LogP contribution in [0.25, 0.3) is 16.1 Å². The van der Waals surface area contributed by atoms with Gasteiger partial charge in [0.15, 0.2) is 0 Å². The summed E-state index contributed by atoms with van der Waals surface area (Å²) in [4.78, 5) is 2.74. The largest absolute Gasteiger partial charge is 0.240 e. The van der Waals surface area contributed by atoms with Crippen molar-refractivity contribution in [3.63, 3.8) is 0 Å². The fourth-order valence-electron chi connectivity index (χ4n) is 1.48. The van der Waals surface area contributed by atoms with Crippen LogP contribution in [0.3, 0.4) is 0 Å². The minimum absolute atomic E-state index is 0.315. The van der Waals surface area contributed by atoms with Crippen LogP contribution in [0.4, 0.5) is 0 Å². The van der Waals surface area contributed by atoms with Gasteiger partial charge in [-0.25, -0.2) is 4.68 Å². The Hall–Kier alpha value is -1.97. The Kier molecular flexibility index (Phi) is 3.32. The van der Waals surface area contributed by atoms with E-state index >= 15 is 0 Å². The van der Waals surface area contributed by atoms with Gasteiger partial charge in [-0.2, -0.15) is 5.10 Å². The van der Waals surface area contributed by atoms with E-state index in [4.69, 9.17) is 17.1 Å². The molecule has 0 spiro atoms. The van der Waals surface area contributed by atoms with Crippen molar-refractivity contribution in [3.8, 4) is 5.69 Å². The maximum Gasteiger partial charge on any atom is 0.0646 e. The van der Waals surface area contributed by atoms with E-state index in [-0.39, 0.29) is 0 Å². The molecule has 0 unspecified atom stereocenters. The zero-order valence-corrected chi connectivity index (χ0v) is 9.96. The van der Waals surface area contributed by atoms with Crippen LogP contribution in [-0.2, 0) is 6.54 Å². The third-order valence-corrected chi connectivity index (χ3v) is 2.65. The molecule has 2 aromatic rings. The Labute approximate surface area is 103 Å². The van der Waals surface area contributed by atoms with E-state index in [1.54, 1.807) is 16.8 Å². The zero-order valence-electron chi connectivity index (χ0n) is 9.21. The number of hydrogen-bond donors (Lipinski definition) is 0. The third-order valence-electron chi connectivity index (χ3n) is 2.40. The second-order valence-corrected chi connectivity index (χ2v) is 3.99. The molecule has 0 aliphatic heterocycles. The normalized spacial score (nSPS) is 10.0. The Morgan fingerprint density at radius 3 is 2.76 bits per heavy atom. The van der Waals surface area contributed by atoms with Crippen molar-refractivity contribution < 1.29 is 0 Å². The van der Waals surface area contributed by atoms with E-state index < -0.39 is 0 Å². The predicted molar refractivity (Wildman–Crippen MR) is 66.2 cm³/mol. The monoisotopic (exact) mass is 247 g/mol. The number of aromatic nitrogens is 2. The topological polar surface area (TPSA) is 66.6 Å². The van der Waals surface area contributed by atoms with E-state index in [9.17, 15) is 0 Å². The lowest BCUT2D eigenvalue weighted by atomic mass is 10.3. The molecule has 1 heterocycles. The van der Waals surface area contributed by atoms with E-state index in [0.29, 0.717) is 11.6 Å². The van der Waals surface area contributed by atoms with E-state index in [1.807, 2.05) is 25.3 Å². The summed E-state index contributed by atoms with van der Waals surface area (Å²) < 4.78 is 1.74. The van der Waals surface area contributed by atoms with Gasteiger partial charge in [0.1, 0.15) is 0 Å². The Balaban J connectivity index is 2.33. The first-order valence-corrected chi connectivity index (χ1v) is 5.40. The van der Waals surface area contributed by atoms with Crippen molar-refractivity contribution in [3.05, 3.63) is 57.2 Å². The highest BCUT2D eigenvalue weighted by atomic mass is 35.5. The molecular formula is C11H10ClN5. The van der Waals surface area contributed by atoms with Crippen LogP contribution >= 0.6 is 11.6 Å². The van der Waals surface area contributed by atoms with Crippen molar-refractivity contribution >= 4 is 11.6 Å². The maximum absolute atomic E-state index is 8.29. The lowest BCUT2D eigenvalue weighted by molar-refractivity contribution is 0.863. The first-order valence-electron chi connectivity index (χ1n) is 5.02. The van der Waals surface area contributed by atoms with Crippen molar-refractivity contribution in [1.29, 1.82) is 0 Å². The molecule has 0 aliphatic carbocycles. The molecule has 0 saturated carbocycles. The molecule has 0 aliphatic rings. The van der Waals surface area contributed by atoms with Crippen molar-refractivity contribution in [2.45, 2.75) is 13.5 Å². The number of rotatable bonds is 3. The van der Waals surface area contributed by atoms with Crippen molar-refractivity contribution in [1.82, 2.24) is 9.78 Å². The molecule has 2 rings (SSSR count). The van der Waals surface area contributed by atoms with Crippen LogP contribution < -0.4 is 0 Å². The summed E-state index contributed by atoms with van der Waals surface area (Å²) in [5.74, 6) is 0. The molecule has 1 aromatic heterocycles. The van der Waals surface area contributed by atoms with Gasteiger partial charge in [-0.3, -0.25) is 0 Å².